The van der Waals surface area contributed by atoms with Crippen LogP contribution in [0.25, 0.3) is 11.3 Å². The zero-order chi connectivity index (χ0) is 23.7. The minimum Gasteiger partial charge on any atom is -0.496 e. The summed E-state index contributed by atoms with van der Waals surface area (Å²) in [6.07, 6.45) is -0.341. The van der Waals surface area contributed by atoms with E-state index in [2.05, 4.69) is 22.5 Å². The molecule has 0 saturated carbocycles. The fraction of sp³-hybridized carbons (Fsp3) is 0.304. The fourth-order valence-electron chi connectivity index (χ4n) is 3.10. The van der Waals surface area contributed by atoms with Crippen LogP contribution in [0.1, 0.15) is 24.6 Å². The molecule has 1 N–H and O–H groups in total. The number of carboxylic acid groups (broad SMARTS) is 1. The first kappa shape index (κ1) is 24.9. The summed E-state index contributed by atoms with van der Waals surface area (Å²) in [5.41, 5.74) is 4.29. The number of rotatable bonds is 7. The molecule has 0 spiro atoms. The van der Waals surface area contributed by atoms with Crippen LogP contribution >= 0.6 is 0 Å². The number of imidazole rings is 1. The zero-order valence-corrected chi connectivity index (χ0v) is 17.7. The molecular weight excluding hydrogens is 428 g/mol. The molecule has 0 fully saturated rings. The van der Waals surface area contributed by atoms with E-state index < -0.39 is 12.1 Å². The summed E-state index contributed by atoms with van der Waals surface area (Å²) in [5, 5.41) is 7.12. The zero-order valence-electron chi connectivity index (χ0n) is 17.7. The molecule has 32 heavy (non-hydrogen) atoms. The van der Waals surface area contributed by atoms with Crippen molar-refractivity contribution in [2.45, 2.75) is 38.9 Å². The maximum absolute atomic E-state index is 13.2. The van der Waals surface area contributed by atoms with E-state index in [1.54, 1.807) is 19.2 Å². The van der Waals surface area contributed by atoms with Gasteiger partial charge >= 0.3 is 12.1 Å². The smallest absolute Gasteiger partial charge is 0.490 e. The number of aryl methyl sites for hydroxylation is 2. The maximum Gasteiger partial charge on any atom is 0.490 e. The highest BCUT2D eigenvalue weighted by atomic mass is 19.4. The molecule has 172 valence electrons. The van der Waals surface area contributed by atoms with Crippen molar-refractivity contribution in [2.24, 2.45) is 0 Å². The molecule has 9 heteroatoms. The third-order valence-corrected chi connectivity index (χ3v) is 4.61. The SMILES string of the molecule is CCCc1c(-c2ccc(F)cc2)ncn1CCc1ccccc1OC.O=C(O)C(F)(F)F. The molecule has 3 rings (SSSR count). The molecule has 0 aliphatic rings. The van der Waals surface area contributed by atoms with Crippen molar-refractivity contribution in [2.75, 3.05) is 7.11 Å². The van der Waals surface area contributed by atoms with Gasteiger partial charge in [0.15, 0.2) is 0 Å². The maximum atomic E-state index is 13.2. The van der Waals surface area contributed by atoms with Crippen LogP contribution in [0.4, 0.5) is 17.6 Å². The molecule has 0 atom stereocenters. The number of carboxylic acids is 1. The lowest BCUT2D eigenvalue weighted by Crippen LogP contribution is -2.21. The van der Waals surface area contributed by atoms with E-state index in [0.29, 0.717) is 0 Å². The van der Waals surface area contributed by atoms with Crippen LogP contribution in [0.15, 0.2) is 54.9 Å². The summed E-state index contributed by atoms with van der Waals surface area (Å²) in [7, 11) is 1.70. The number of hydrogen-bond donors (Lipinski definition) is 1. The molecule has 0 amide bonds. The molecule has 0 radical (unpaired) electrons. The second-order valence-electron chi connectivity index (χ2n) is 6.85. The highest BCUT2D eigenvalue weighted by molar-refractivity contribution is 5.73. The lowest BCUT2D eigenvalue weighted by molar-refractivity contribution is -0.192. The lowest BCUT2D eigenvalue weighted by Gasteiger charge is -2.12. The number of alkyl halides is 3. The number of aliphatic carboxylic acids is 1. The normalized spacial score (nSPS) is 10.9. The second-order valence-corrected chi connectivity index (χ2v) is 6.85. The predicted octanol–water partition coefficient (Wildman–Crippen LogP) is 5.53. The summed E-state index contributed by atoms with van der Waals surface area (Å²) >= 11 is 0. The third-order valence-electron chi connectivity index (χ3n) is 4.61. The fourth-order valence-corrected chi connectivity index (χ4v) is 3.10. The summed E-state index contributed by atoms with van der Waals surface area (Å²) in [6.45, 7) is 3.00. The Balaban J connectivity index is 0.000000451. The van der Waals surface area contributed by atoms with Gasteiger partial charge in [-0.05, 0) is 48.7 Å². The Labute approximate surface area is 183 Å². The molecule has 5 nitrogen and oxygen atoms in total. The van der Waals surface area contributed by atoms with E-state index >= 15 is 0 Å². The van der Waals surface area contributed by atoms with E-state index in [0.717, 1.165) is 42.8 Å². The van der Waals surface area contributed by atoms with Gasteiger partial charge in [-0.2, -0.15) is 13.2 Å². The minimum absolute atomic E-state index is 0.226. The van der Waals surface area contributed by atoms with Gasteiger partial charge in [-0.15, -0.1) is 0 Å². The minimum atomic E-state index is -5.08. The van der Waals surface area contributed by atoms with Crippen molar-refractivity contribution >= 4 is 5.97 Å². The average molecular weight is 452 g/mol. The number of nitrogens with zero attached hydrogens (tertiary/aromatic N) is 2. The van der Waals surface area contributed by atoms with Gasteiger partial charge in [-0.1, -0.05) is 31.5 Å². The standard InChI is InChI=1S/C21H23FN2O.C2HF3O2/c1-3-6-19-21(17-9-11-18(22)12-10-17)23-15-24(19)14-13-16-7-4-5-8-20(16)25-2;3-2(4,5)1(6)7/h4-5,7-12,15H,3,6,13-14H2,1-2H3;(H,6,7). The van der Waals surface area contributed by atoms with Crippen LogP contribution in [0.5, 0.6) is 5.75 Å². The first-order valence-electron chi connectivity index (χ1n) is 9.89. The number of aromatic nitrogens is 2. The van der Waals surface area contributed by atoms with E-state index in [9.17, 15) is 17.6 Å². The summed E-state index contributed by atoms with van der Waals surface area (Å²) in [6, 6.07) is 14.6. The molecule has 2 aromatic carbocycles. The van der Waals surface area contributed by atoms with Crippen LogP contribution in [-0.2, 0) is 24.2 Å². The van der Waals surface area contributed by atoms with Crippen LogP contribution in [-0.4, -0.2) is 33.9 Å². The Morgan fingerprint density at radius 3 is 2.28 bits per heavy atom. The van der Waals surface area contributed by atoms with E-state index in [4.69, 9.17) is 14.6 Å². The summed E-state index contributed by atoms with van der Waals surface area (Å²) < 4.78 is 52.6. The molecule has 0 aliphatic heterocycles. The van der Waals surface area contributed by atoms with E-state index in [1.807, 2.05) is 24.5 Å². The van der Waals surface area contributed by atoms with Crippen LogP contribution in [0.3, 0.4) is 0 Å². The van der Waals surface area contributed by atoms with E-state index in [1.165, 1.54) is 23.4 Å². The molecule has 0 unspecified atom stereocenters. The van der Waals surface area contributed by atoms with Crippen molar-refractivity contribution in [1.82, 2.24) is 9.55 Å². The van der Waals surface area contributed by atoms with Crippen molar-refractivity contribution < 1.29 is 32.2 Å². The first-order valence-corrected chi connectivity index (χ1v) is 9.89. The number of para-hydroxylation sites is 1. The summed E-state index contributed by atoms with van der Waals surface area (Å²) in [4.78, 5) is 13.5. The van der Waals surface area contributed by atoms with Gasteiger partial charge in [0.05, 0.1) is 19.1 Å². The highest BCUT2D eigenvalue weighted by Gasteiger charge is 2.38. The highest BCUT2D eigenvalue weighted by Crippen LogP contribution is 2.25. The Morgan fingerprint density at radius 2 is 1.72 bits per heavy atom. The number of ether oxygens (including phenoxy) is 1. The molecule has 0 bridgehead atoms. The molecular formula is C23H24F4N2O3. The summed E-state index contributed by atoms with van der Waals surface area (Å²) in [5.74, 6) is -2.07. The Morgan fingerprint density at radius 1 is 1.09 bits per heavy atom. The van der Waals surface area contributed by atoms with Crippen LogP contribution in [0, 0.1) is 5.82 Å². The molecule has 1 aromatic heterocycles. The lowest BCUT2D eigenvalue weighted by atomic mass is 10.1. The Kier molecular flexibility index (Phi) is 8.80. The van der Waals surface area contributed by atoms with Crippen molar-refractivity contribution in [1.29, 1.82) is 0 Å². The third kappa shape index (κ3) is 6.83. The van der Waals surface area contributed by atoms with Gasteiger partial charge in [0.1, 0.15) is 11.6 Å². The van der Waals surface area contributed by atoms with Gasteiger partial charge in [-0.25, -0.2) is 14.2 Å². The number of halogens is 4. The Bertz CT molecular complexity index is 1010. The van der Waals surface area contributed by atoms with E-state index in [-0.39, 0.29) is 5.82 Å². The van der Waals surface area contributed by atoms with Gasteiger partial charge in [-0.3, -0.25) is 0 Å². The van der Waals surface area contributed by atoms with Gasteiger partial charge < -0.3 is 14.4 Å². The molecule has 3 aromatic rings. The largest absolute Gasteiger partial charge is 0.496 e. The average Bonchev–Trinajstić information content (AvgIpc) is 3.15. The van der Waals surface area contributed by atoms with Crippen LogP contribution < -0.4 is 4.74 Å². The van der Waals surface area contributed by atoms with Gasteiger partial charge in [0.25, 0.3) is 0 Å². The van der Waals surface area contributed by atoms with Gasteiger partial charge in [0, 0.05) is 17.8 Å². The number of methoxy groups -OCH3 is 1. The molecule has 0 aliphatic carbocycles. The van der Waals surface area contributed by atoms with Crippen LogP contribution in [0.2, 0.25) is 0 Å². The number of benzene rings is 2. The molecule has 1 heterocycles. The first-order chi connectivity index (χ1) is 15.2. The molecule has 0 saturated heterocycles. The quantitative estimate of drug-likeness (QED) is 0.479. The van der Waals surface area contributed by atoms with Crippen molar-refractivity contribution in [3.63, 3.8) is 0 Å². The Hall–Kier alpha value is -3.36. The predicted molar refractivity (Wildman–Crippen MR) is 112 cm³/mol. The number of hydrogen-bond acceptors (Lipinski definition) is 3. The van der Waals surface area contributed by atoms with Crippen molar-refractivity contribution in [3.8, 4) is 17.0 Å². The van der Waals surface area contributed by atoms with Gasteiger partial charge in [0.2, 0.25) is 0 Å². The number of carbonyl (C=O) groups is 1. The monoisotopic (exact) mass is 452 g/mol. The topological polar surface area (TPSA) is 64.4 Å². The second kappa shape index (κ2) is 11.3. The van der Waals surface area contributed by atoms with Crippen molar-refractivity contribution in [3.05, 3.63) is 71.9 Å².